The molecule has 0 spiro atoms. The topological polar surface area (TPSA) is 52.3 Å². The van der Waals surface area contributed by atoms with Gasteiger partial charge in [0.1, 0.15) is 20.7 Å². The zero-order chi connectivity index (χ0) is 14.9. The minimum Gasteiger partial charge on any atom is -0.462 e. The van der Waals surface area contributed by atoms with Gasteiger partial charge in [-0.15, -0.1) is 11.3 Å². The first-order valence-corrected chi connectivity index (χ1v) is 7.23. The average molecular weight is 334 g/mol. The Morgan fingerprint density at radius 3 is 2.75 bits per heavy atom. The van der Waals surface area contributed by atoms with Crippen LogP contribution in [-0.4, -0.2) is 12.6 Å². The number of halogens is 3. The summed E-state index contributed by atoms with van der Waals surface area (Å²) in [6, 6.07) is 4.17. The lowest BCUT2D eigenvalue weighted by Crippen LogP contribution is -2.07. The maximum atomic E-state index is 13.6. The van der Waals surface area contributed by atoms with Gasteiger partial charge in [0.25, 0.3) is 0 Å². The lowest BCUT2D eigenvalue weighted by atomic mass is 10.0. The van der Waals surface area contributed by atoms with E-state index in [0.29, 0.717) is 15.5 Å². The van der Waals surface area contributed by atoms with Gasteiger partial charge in [-0.05, 0) is 24.6 Å². The first-order chi connectivity index (χ1) is 9.45. The Morgan fingerprint density at radius 2 is 2.15 bits per heavy atom. The van der Waals surface area contributed by atoms with Gasteiger partial charge >= 0.3 is 5.97 Å². The second-order valence-electron chi connectivity index (χ2n) is 3.84. The SMILES string of the molecule is CCOC(=O)c1c(N)sc(Cl)c1-c1ccc(Cl)c(F)c1. The second kappa shape index (κ2) is 5.99. The van der Waals surface area contributed by atoms with Gasteiger partial charge in [0, 0.05) is 5.56 Å². The van der Waals surface area contributed by atoms with Crippen LogP contribution in [0.4, 0.5) is 9.39 Å². The maximum absolute atomic E-state index is 13.6. The molecule has 3 nitrogen and oxygen atoms in total. The van der Waals surface area contributed by atoms with Crippen molar-refractivity contribution in [3.63, 3.8) is 0 Å². The number of nitrogens with two attached hydrogens (primary N) is 1. The fraction of sp³-hybridized carbons (Fsp3) is 0.154. The highest BCUT2D eigenvalue weighted by Crippen LogP contribution is 2.42. The van der Waals surface area contributed by atoms with Crippen LogP contribution in [0.3, 0.4) is 0 Å². The standard InChI is InChI=1S/C13H10Cl2FNO2S/c1-2-19-13(18)10-9(11(15)20-12(10)17)6-3-4-7(14)8(16)5-6/h3-5H,2,17H2,1H3. The summed E-state index contributed by atoms with van der Waals surface area (Å²) in [6.45, 7) is 1.89. The number of esters is 1. The molecule has 2 N–H and O–H groups in total. The normalized spacial score (nSPS) is 10.6. The minimum absolute atomic E-state index is 0.00856. The predicted molar refractivity (Wildman–Crippen MR) is 80.1 cm³/mol. The maximum Gasteiger partial charge on any atom is 0.341 e. The van der Waals surface area contributed by atoms with Crippen molar-refractivity contribution in [1.29, 1.82) is 0 Å². The molecule has 0 fully saturated rings. The van der Waals surface area contributed by atoms with E-state index in [-0.39, 0.29) is 22.2 Å². The second-order valence-corrected chi connectivity index (χ2v) is 5.90. The van der Waals surface area contributed by atoms with Crippen molar-refractivity contribution in [2.24, 2.45) is 0 Å². The van der Waals surface area contributed by atoms with Crippen LogP contribution < -0.4 is 5.73 Å². The number of nitrogen functional groups attached to an aromatic ring is 1. The Bertz CT molecular complexity index is 673. The van der Waals surface area contributed by atoms with E-state index in [2.05, 4.69) is 0 Å². The van der Waals surface area contributed by atoms with Gasteiger partial charge < -0.3 is 10.5 Å². The van der Waals surface area contributed by atoms with Crippen molar-refractivity contribution in [2.75, 3.05) is 12.3 Å². The van der Waals surface area contributed by atoms with Gasteiger partial charge in [-0.3, -0.25) is 0 Å². The molecule has 7 heteroatoms. The highest BCUT2D eigenvalue weighted by molar-refractivity contribution is 7.20. The molecule has 106 valence electrons. The number of anilines is 1. The van der Waals surface area contributed by atoms with E-state index in [4.69, 9.17) is 33.7 Å². The molecule has 0 atom stereocenters. The number of benzene rings is 1. The summed E-state index contributed by atoms with van der Waals surface area (Å²) < 4.78 is 18.8. The molecule has 0 saturated heterocycles. The van der Waals surface area contributed by atoms with Crippen molar-refractivity contribution in [1.82, 2.24) is 0 Å². The summed E-state index contributed by atoms with van der Waals surface area (Å²) >= 11 is 12.8. The molecule has 0 aliphatic carbocycles. The van der Waals surface area contributed by atoms with E-state index in [9.17, 15) is 9.18 Å². The molecule has 2 rings (SSSR count). The molecule has 2 aromatic rings. The smallest absolute Gasteiger partial charge is 0.341 e. The largest absolute Gasteiger partial charge is 0.462 e. The van der Waals surface area contributed by atoms with Crippen molar-refractivity contribution in [2.45, 2.75) is 6.92 Å². The molecule has 0 unspecified atom stereocenters. The third kappa shape index (κ3) is 2.75. The molecule has 0 aliphatic rings. The number of thiophene rings is 1. The van der Waals surface area contributed by atoms with E-state index >= 15 is 0 Å². The van der Waals surface area contributed by atoms with E-state index in [1.807, 2.05) is 0 Å². The molecular weight excluding hydrogens is 324 g/mol. The number of carbonyl (C=O) groups is 1. The monoisotopic (exact) mass is 333 g/mol. The van der Waals surface area contributed by atoms with Gasteiger partial charge in [0.05, 0.1) is 11.6 Å². The van der Waals surface area contributed by atoms with Gasteiger partial charge in [0.2, 0.25) is 0 Å². The molecule has 0 amide bonds. The van der Waals surface area contributed by atoms with Crippen LogP contribution in [0.25, 0.3) is 11.1 Å². The minimum atomic E-state index is -0.597. The van der Waals surface area contributed by atoms with Crippen LogP contribution in [-0.2, 0) is 4.74 Å². The highest BCUT2D eigenvalue weighted by Gasteiger charge is 2.24. The Morgan fingerprint density at radius 1 is 1.45 bits per heavy atom. The Balaban J connectivity index is 2.61. The number of rotatable bonds is 3. The van der Waals surface area contributed by atoms with Crippen molar-refractivity contribution >= 4 is 45.5 Å². The van der Waals surface area contributed by atoms with Crippen LogP contribution >= 0.6 is 34.5 Å². The third-order valence-electron chi connectivity index (χ3n) is 2.58. The summed E-state index contributed by atoms with van der Waals surface area (Å²) in [5.41, 5.74) is 6.74. The molecular formula is C13H10Cl2FNO2S. The van der Waals surface area contributed by atoms with E-state index < -0.39 is 11.8 Å². The number of hydrogen-bond acceptors (Lipinski definition) is 4. The first kappa shape index (κ1) is 15.1. The number of carbonyl (C=O) groups excluding carboxylic acids is 1. The van der Waals surface area contributed by atoms with Crippen molar-refractivity contribution < 1.29 is 13.9 Å². The lowest BCUT2D eigenvalue weighted by Gasteiger charge is -2.06. The van der Waals surface area contributed by atoms with Crippen LogP contribution in [0, 0.1) is 5.82 Å². The van der Waals surface area contributed by atoms with E-state index in [0.717, 1.165) is 11.3 Å². The molecule has 1 heterocycles. The lowest BCUT2D eigenvalue weighted by molar-refractivity contribution is 0.0529. The van der Waals surface area contributed by atoms with E-state index in [1.54, 1.807) is 13.0 Å². The number of ether oxygens (including phenoxy) is 1. The summed E-state index contributed by atoms with van der Waals surface area (Å²) in [5, 5.41) is 0.226. The first-order valence-electron chi connectivity index (χ1n) is 5.66. The van der Waals surface area contributed by atoms with E-state index in [1.165, 1.54) is 12.1 Å². The van der Waals surface area contributed by atoms with Crippen LogP contribution in [0.1, 0.15) is 17.3 Å². The van der Waals surface area contributed by atoms with Crippen molar-refractivity contribution in [3.8, 4) is 11.1 Å². The zero-order valence-corrected chi connectivity index (χ0v) is 12.7. The fourth-order valence-electron chi connectivity index (χ4n) is 1.74. The Hall–Kier alpha value is -1.30. The summed E-state index contributed by atoms with van der Waals surface area (Å²) in [6.07, 6.45) is 0. The molecule has 1 aromatic carbocycles. The van der Waals surface area contributed by atoms with Crippen molar-refractivity contribution in [3.05, 3.63) is 38.9 Å². The van der Waals surface area contributed by atoms with Gasteiger partial charge in [-0.2, -0.15) is 0 Å². The average Bonchev–Trinajstić information content (AvgIpc) is 2.68. The Labute approximate surface area is 129 Å². The molecule has 0 radical (unpaired) electrons. The number of hydrogen-bond donors (Lipinski definition) is 1. The Kier molecular flexibility index (Phi) is 4.52. The fourth-order valence-corrected chi connectivity index (χ4v) is 3.11. The van der Waals surface area contributed by atoms with Crippen LogP contribution in [0.15, 0.2) is 18.2 Å². The molecule has 0 aliphatic heterocycles. The van der Waals surface area contributed by atoms with Gasteiger partial charge in [-0.1, -0.05) is 29.3 Å². The molecule has 20 heavy (non-hydrogen) atoms. The molecule has 1 aromatic heterocycles. The predicted octanol–water partition coefficient (Wildman–Crippen LogP) is 4.62. The summed E-state index contributed by atoms with van der Waals surface area (Å²) in [4.78, 5) is 12.0. The molecule has 0 bridgehead atoms. The third-order valence-corrected chi connectivity index (χ3v) is 4.11. The summed E-state index contributed by atoms with van der Waals surface area (Å²) in [7, 11) is 0. The molecule has 0 saturated carbocycles. The highest BCUT2D eigenvalue weighted by atomic mass is 35.5. The van der Waals surface area contributed by atoms with Gasteiger partial charge in [0.15, 0.2) is 0 Å². The summed E-state index contributed by atoms with van der Waals surface area (Å²) in [5.74, 6) is -1.18. The quantitative estimate of drug-likeness (QED) is 0.833. The van der Waals surface area contributed by atoms with Crippen LogP contribution in [0.5, 0.6) is 0 Å². The van der Waals surface area contributed by atoms with Gasteiger partial charge in [-0.25, -0.2) is 9.18 Å². The zero-order valence-electron chi connectivity index (χ0n) is 10.4. The van der Waals surface area contributed by atoms with Crippen LogP contribution in [0.2, 0.25) is 9.36 Å².